The van der Waals surface area contributed by atoms with Crippen molar-refractivity contribution in [1.29, 1.82) is 0 Å². The second kappa shape index (κ2) is 5.26. The molecule has 0 unspecified atom stereocenters. The van der Waals surface area contributed by atoms with E-state index in [0.717, 1.165) is 37.7 Å². The Morgan fingerprint density at radius 1 is 1.12 bits per heavy atom. The van der Waals surface area contributed by atoms with Crippen molar-refractivity contribution in [3.05, 3.63) is 11.6 Å². The molecule has 0 heterocycles. The van der Waals surface area contributed by atoms with Crippen molar-refractivity contribution < 1.29 is 19.8 Å². The van der Waals surface area contributed by atoms with Crippen molar-refractivity contribution in [3.63, 3.8) is 0 Å². The van der Waals surface area contributed by atoms with Crippen molar-refractivity contribution in [3.8, 4) is 0 Å². The zero-order chi connectivity index (χ0) is 18.2. The van der Waals surface area contributed by atoms with E-state index in [0.29, 0.717) is 6.42 Å². The van der Waals surface area contributed by atoms with Crippen molar-refractivity contribution in [1.82, 2.24) is 0 Å². The fourth-order valence-corrected chi connectivity index (χ4v) is 7.22. The van der Waals surface area contributed by atoms with Gasteiger partial charge in [-0.1, -0.05) is 19.4 Å². The van der Waals surface area contributed by atoms with Crippen LogP contribution in [0.3, 0.4) is 0 Å². The van der Waals surface area contributed by atoms with Crippen LogP contribution in [-0.4, -0.2) is 27.6 Å². The Morgan fingerprint density at radius 2 is 1.84 bits per heavy atom. The van der Waals surface area contributed by atoms with Gasteiger partial charge in [-0.25, -0.2) is 0 Å². The van der Waals surface area contributed by atoms with Gasteiger partial charge < -0.3 is 10.2 Å². The van der Waals surface area contributed by atoms with Crippen LogP contribution in [-0.2, 0) is 9.59 Å². The highest BCUT2D eigenvalue weighted by atomic mass is 16.5. The number of ketones is 2. The summed E-state index contributed by atoms with van der Waals surface area (Å²) in [5, 5.41) is 22.0. The number of fused-ring (bicyclic) bond motifs is 5. The van der Waals surface area contributed by atoms with E-state index in [-0.39, 0.29) is 52.5 Å². The van der Waals surface area contributed by atoms with Crippen LogP contribution in [0.5, 0.6) is 0 Å². The lowest BCUT2D eigenvalue weighted by atomic mass is 9.45. The van der Waals surface area contributed by atoms with E-state index < -0.39 is 5.79 Å². The quantitative estimate of drug-likeness (QED) is 0.716. The lowest BCUT2D eigenvalue weighted by molar-refractivity contribution is -0.269. The van der Waals surface area contributed by atoms with Crippen LogP contribution in [0, 0.1) is 34.5 Å². The number of rotatable bonds is 1. The second-order valence-electron chi connectivity index (χ2n) is 9.63. The summed E-state index contributed by atoms with van der Waals surface area (Å²) in [7, 11) is 0. The molecule has 0 aromatic carbocycles. The lowest BCUT2D eigenvalue weighted by Crippen LogP contribution is -2.61. The molecule has 4 nitrogen and oxygen atoms in total. The summed E-state index contributed by atoms with van der Waals surface area (Å²) in [6.07, 6.45) is 6.88. The van der Waals surface area contributed by atoms with Crippen molar-refractivity contribution in [2.24, 2.45) is 34.5 Å². The molecule has 4 aliphatic carbocycles. The van der Waals surface area contributed by atoms with Gasteiger partial charge in [-0.3, -0.25) is 9.59 Å². The monoisotopic (exact) mass is 346 g/mol. The maximum Gasteiger partial charge on any atom is 0.169 e. The van der Waals surface area contributed by atoms with Gasteiger partial charge in [0.05, 0.1) is 0 Å². The van der Waals surface area contributed by atoms with Crippen LogP contribution >= 0.6 is 0 Å². The summed E-state index contributed by atoms with van der Waals surface area (Å²) in [6.45, 7) is 6.10. The third-order valence-electron chi connectivity index (χ3n) is 8.52. The molecule has 138 valence electrons. The number of hydrogen-bond donors (Lipinski definition) is 2. The summed E-state index contributed by atoms with van der Waals surface area (Å²) in [6, 6.07) is 0. The normalized spacial score (nSPS) is 48.2. The summed E-state index contributed by atoms with van der Waals surface area (Å²) < 4.78 is 0. The first-order chi connectivity index (χ1) is 11.6. The number of aliphatic hydroxyl groups is 2. The standard InChI is InChI=1S/C21H30O4/c1-12(22)15-4-5-16-18-17(7-9-20(15,16)3)19(2)8-6-14(23)10-13(19)11-21(18,24)25/h10,15-18,24-25H,4-9,11H2,1-3H3/t15-,16+,17+,18+,19+,20-/m1/s1. The molecule has 3 saturated carbocycles. The molecule has 0 spiro atoms. The Bertz CT molecular complexity index is 663. The molecule has 4 heteroatoms. The molecule has 4 rings (SSSR count). The molecule has 4 aliphatic rings. The number of carbonyl (C=O) groups excluding carboxylic acids is 2. The average Bonchev–Trinajstić information content (AvgIpc) is 2.86. The first-order valence-corrected chi connectivity index (χ1v) is 9.79. The van der Waals surface area contributed by atoms with E-state index >= 15 is 0 Å². The molecule has 6 atom stereocenters. The summed E-state index contributed by atoms with van der Waals surface area (Å²) in [4.78, 5) is 24.1. The van der Waals surface area contributed by atoms with E-state index in [2.05, 4.69) is 13.8 Å². The molecule has 0 aliphatic heterocycles. The van der Waals surface area contributed by atoms with Crippen LogP contribution in [0.1, 0.15) is 65.7 Å². The topological polar surface area (TPSA) is 74.6 Å². The van der Waals surface area contributed by atoms with Gasteiger partial charge >= 0.3 is 0 Å². The van der Waals surface area contributed by atoms with Crippen molar-refractivity contribution in [2.75, 3.05) is 0 Å². The molecule has 0 radical (unpaired) electrons. The maximum absolute atomic E-state index is 12.2. The van der Waals surface area contributed by atoms with Gasteiger partial charge in [0, 0.05) is 24.7 Å². The van der Waals surface area contributed by atoms with Crippen LogP contribution in [0.2, 0.25) is 0 Å². The Kier molecular flexibility index (Phi) is 3.66. The average molecular weight is 346 g/mol. The fourth-order valence-electron chi connectivity index (χ4n) is 7.22. The van der Waals surface area contributed by atoms with Gasteiger partial charge in [-0.2, -0.15) is 0 Å². The lowest BCUT2D eigenvalue weighted by Gasteiger charge is -2.61. The van der Waals surface area contributed by atoms with Gasteiger partial charge in [0.2, 0.25) is 0 Å². The molecular weight excluding hydrogens is 316 g/mol. The Balaban J connectivity index is 1.77. The van der Waals surface area contributed by atoms with E-state index in [1.165, 1.54) is 0 Å². The highest BCUT2D eigenvalue weighted by Crippen LogP contribution is 2.68. The van der Waals surface area contributed by atoms with Crippen molar-refractivity contribution >= 4 is 11.6 Å². The maximum atomic E-state index is 12.2. The summed E-state index contributed by atoms with van der Waals surface area (Å²) in [5.74, 6) is -1.22. The van der Waals surface area contributed by atoms with E-state index in [1.807, 2.05) is 0 Å². The third-order valence-corrected chi connectivity index (χ3v) is 8.52. The SMILES string of the molecule is CC(=O)[C@H]1CC[C@H]2[C@H]3[C@H](CC[C@]12C)[C@@]1(C)CCC(=O)C=C1CC3(O)O. The predicted molar refractivity (Wildman–Crippen MR) is 93.4 cm³/mol. The molecule has 0 amide bonds. The first kappa shape index (κ1) is 17.4. The van der Waals surface area contributed by atoms with Crippen LogP contribution < -0.4 is 0 Å². The van der Waals surface area contributed by atoms with Gasteiger partial charge in [0.25, 0.3) is 0 Å². The van der Waals surface area contributed by atoms with Gasteiger partial charge in [-0.15, -0.1) is 0 Å². The van der Waals surface area contributed by atoms with E-state index in [1.54, 1.807) is 13.0 Å². The zero-order valence-corrected chi connectivity index (χ0v) is 15.5. The van der Waals surface area contributed by atoms with E-state index in [9.17, 15) is 19.8 Å². The van der Waals surface area contributed by atoms with Crippen LogP contribution in [0.15, 0.2) is 11.6 Å². The first-order valence-electron chi connectivity index (χ1n) is 9.79. The largest absolute Gasteiger partial charge is 0.365 e. The zero-order valence-electron chi connectivity index (χ0n) is 15.5. The predicted octanol–water partition coefficient (Wildman–Crippen LogP) is 3.01. The van der Waals surface area contributed by atoms with Gasteiger partial charge in [0.1, 0.15) is 5.78 Å². The molecule has 0 aromatic heterocycles. The minimum atomic E-state index is -1.77. The molecular formula is C21H30O4. The van der Waals surface area contributed by atoms with Crippen LogP contribution in [0.4, 0.5) is 0 Å². The second-order valence-corrected chi connectivity index (χ2v) is 9.63. The molecule has 0 saturated heterocycles. The van der Waals surface area contributed by atoms with Crippen molar-refractivity contribution in [2.45, 2.75) is 71.5 Å². The highest BCUT2D eigenvalue weighted by molar-refractivity contribution is 5.91. The highest BCUT2D eigenvalue weighted by Gasteiger charge is 2.65. The Morgan fingerprint density at radius 3 is 2.52 bits per heavy atom. The molecule has 25 heavy (non-hydrogen) atoms. The fraction of sp³-hybridized carbons (Fsp3) is 0.810. The smallest absolute Gasteiger partial charge is 0.169 e. The number of carbonyl (C=O) groups is 2. The number of hydrogen-bond acceptors (Lipinski definition) is 4. The minimum Gasteiger partial charge on any atom is -0.365 e. The van der Waals surface area contributed by atoms with Gasteiger partial charge in [0.15, 0.2) is 11.6 Å². The Hall–Kier alpha value is -1.00. The number of Topliss-reactive ketones (excluding diaryl/α,β-unsaturated/α-hetero) is 1. The molecule has 0 aromatic rings. The van der Waals surface area contributed by atoms with Gasteiger partial charge in [-0.05, 0) is 67.8 Å². The van der Waals surface area contributed by atoms with Crippen LogP contribution in [0.25, 0.3) is 0 Å². The summed E-state index contributed by atoms with van der Waals surface area (Å²) in [5.41, 5.74) is 0.703. The molecule has 2 N–H and O–H groups in total. The Labute approximate surface area is 149 Å². The molecule has 3 fully saturated rings. The molecule has 0 bridgehead atoms. The van der Waals surface area contributed by atoms with E-state index in [4.69, 9.17) is 0 Å². The minimum absolute atomic E-state index is 0.0481. The summed E-state index contributed by atoms with van der Waals surface area (Å²) >= 11 is 0. The third kappa shape index (κ3) is 2.26.